The molecule has 11 rings (SSSR count). The van der Waals surface area contributed by atoms with Crippen LogP contribution in [0.15, 0.2) is 108 Å². The molecule has 0 N–H and O–H groups in total. The van der Waals surface area contributed by atoms with Crippen LogP contribution < -0.4 is 20.6 Å². The van der Waals surface area contributed by atoms with E-state index in [9.17, 15) is 0 Å². The largest absolute Gasteiger partial charge is 0.455 e. The molecule has 1 aromatic heterocycles. The Bertz CT molecular complexity index is 2890. The number of nitrogens with zero attached hydrogens (tertiary/aromatic N) is 2. The molecule has 0 radical (unpaired) electrons. The van der Waals surface area contributed by atoms with Gasteiger partial charge in [-0.15, -0.1) is 0 Å². The van der Waals surface area contributed by atoms with E-state index in [0.29, 0.717) is 0 Å². The molecule has 3 aliphatic heterocycles. The fourth-order valence-electron chi connectivity index (χ4n) is 11.7. The molecule has 0 bridgehead atoms. The molecule has 58 heavy (non-hydrogen) atoms. The Hall–Kier alpha value is -5.22. The highest BCUT2D eigenvalue weighted by atomic mass is 16.3. The smallest absolute Gasteiger partial charge is 0.333 e. The SMILES string of the molecule is Cc1cc2c3c(c1)N1c4c(cc(C(C)(C)C)cc4C4(C)CCCCC14C)B3N(c1ccc(-c3ccccc3)cc1C)c1ccc3c(oc4ccc(C(C)(C)C)cc43)c1-2. The summed E-state index contributed by atoms with van der Waals surface area (Å²) in [5, 5.41) is 2.38. The highest BCUT2D eigenvalue weighted by molar-refractivity contribution is 6.93. The second-order valence-corrected chi connectivity index (χ2v) is 20.6. The van der Waals surface area contributed by atoms with Crippen LogP contribution in [-0.2, 0) is 16.2 Å². The summed E-state index contributed by atoms with van der Waals surface area (Å²) in [4.78, 5) is 5.56. The fraction of sp³-hybridized carbons (Fsp3) is 0.333. The van der Waals surface area contributed by atoms with Crippen LogP contribution in [0.2, 0.25) is 0 Å². The number of rotatable bonds is 2. The van der Waals surface area contributed by atoms with Crippen molar-refractivity contribution in [3.8, 4) is 22.3 Å². The predicted octanol–water partition coefficient (Wildman–Crippen LogP) is 13.4. The van der Waals surface area contributed by atoms with Gasteiger partial charge in [0.05, 0.1) is 5.54 Å². The molecular weight excluding hydrogens is 703 g/mol. The lowest BCUT2D eigenvalue weighted by atomic mass is 9.43. The van der Waals surface area contributed by atoms with Crippen LogP contribution in [0, 0.1) is 13.8 Å². The predicted molar refractivity (Wildman–Crippen MR) is 248 cm³/mol. The molecule has 3 nitrogen and oxygen atoms in total. The maximum absolute atomic E-state index is 7.11. The number of furan rings is 1. The number of aryl methyl sites for hydroxylation is 2. The maximum Gasteiger partial charge on any atom is 0.333 e. The summed E-state index contributed by atoms with van der Waals surface area (Å²) >= 11 is 0. The molecular formula is C54H55BN2O. The second kappa shape index (κ2) is 11.7. The molecule has 4 heteroatoms. The van der Waals surface area contributed by atoms with Crippen LogP contribution in [0.3, 0.4) is 0 Å². The van der Waals surface area contributed by atoms with Gasteiger partial charge in [0.2, 0.25) is 0 Å². The summed E-state index contributed by atoms with van der Waals surface area (Å²) in [6.07, 6.45) is 4.92. The lowest BCUT2D eigenvalue weighted by Crippen LogP contribution is -2.64. The monoisotopic (exact) mass is 758 g/mol. The Morgan fingerprint density at radius 2 is 1.40 bits per heavy atom. The third-order valence-electron chi connectivity index (χ3n) is 15.0. The first-order chi connectivity index (χ1) is 27.6. The van der Waals surface area contributed by atoms with Gasteiger partial charge in [0.15, 0.2) is 0 Å². The van der Waals surface area contributed by atoms with Gasteiger partial charge >= 0.3 is 6.85 Å². The van der Waals surface area contributed by atoms with E-state index in [1.807, 2.05) is 0 Å². The molecule has 2 unspecified atom stereocenters. The van der Waals surface area contributed by atoms with Gasteiger partial charge in [0.25, 0.3) is 0 Å². The normalized spacial score (nSPS) is 20.7. The van der Waals surface area contributed by atoms with Crippen LogP contribution in [0.25, 0.3) is 44.2 Å². The second-order valence-electron chi connectivity index (χ2n) is 20.6. The third kappa shape index (κ3) is 4.69. The Morgan fingerprint density at radius 1 is 0.655 bits per heavy atom. The Balaban J connectivity index is 1.27. The van der Waals surface area contributed by atoms with E-state index in [-0.39, 0.29) is 28.6 Å². The van der Waals surface area contributed by atoms with E-state index in [0.717, 1.165) is 11.2 Å². The highest BCUT2D eigenvalue weighted by Crippen LogP contribution is 2.63. The molecule has 2 atom stereocenters. The molecule has 0 saturated heterocycles. The first-order valence-corrected chi connectivity index (χ1v) is 21.7. The van der Waals surface area contributed by atoms with E-state index in [2.05, 4.69) is 182 Å². The molecule has 1 fully saturated rings. The summed E-state index contributed by atoms with van der Waals surface area (Å²) in [7, 11) is 0. The summed E-state index contributed by atoms with van der Waals surface area (Å²) in [5.74, 6) is 0. The molecule has 0 spiro atoms. The number of hydrogen-bond donors (Lipinski definition) is 0. The van der Waals surface area contributed by atoms with Gasteiger partial charge in [-0.25, -0.2) is 0 Å². The van der Waals surface area contributed by atoms with Gasteiger partial charge in [-0.1, -0.05) is 122 Å². The zero-order valence-electron chi connectivity index (χ0n) is 36.0. The molecule has 290 valence electrons. The third-order valence-corrected chi connectivity index (χ3v) is 15.0. The Kier molecular flexibility index (Phi) is 7.25. The first kappa shape index (κ1) is 35.9. The van der Waals surface area contributed by atoms with Crippen molar-refractivity contribution in [1.29, 1.82) is 0 Å². The maximum atomic E-state index is 7.11. The lowest BCUT2D eigenvalue weighted by molar-refractivity contribution is 0.195. The van der Waals surface area contributed by atoms with Gasteiger partial charge in [-0.05, 0) is 142 Å². The van der Waals surface area contributed by atoms with Crippen LogP contribution in [0.4, 0.5) is 22.7 Å². The van der Waals surface area contributed by atoms with E-state index in [1.54, 1.807) is 5.56 Å². The minimum Gasteiger partial charge on any atom is -0.455 e. The zero-order valence-corrected chi connectivity index (χ0v) is 36.0. The summed E-state index contributed by atoms with van der Waals surface area (Å²) in [6, 6.07) is 39.7. The van der Waals surface area contributed by atoms with Gasteiger partial charge in [0.1, 0.15) is 11.2 Å². The summed E-state index contributed by atoms with van der Waals surface area (Å²) in [5.41, 5.74) is 22.0. The van der Waals surface area contributed by atoms with Crippen LogP contribution >= 0.6 is 0 Å². The van der Waals surface area contributed by atoms with Crippen LogP contribution in [0.1, 0.15) is 109 Å². The van der Waals surface area contributed by atoms with E-state index < -0.39 is 0 Å². The van der Waals surface area contributed by atoms with Crippen molar-refractivity contribution < 1.29 is 4.42 Å². The quantitative estimate of drug-likeness (QED) is 0.164. The van der Waals surface area contributed by atoms with E-state index in [4.69, 9.17) is 4.42 Å². The first-order valence-electron chi connectivity index (χ1n) is 21.7. The molecule has 1 saturated carbocycles. The lowest BCUT2D eigenvalue weighted by Gasteiger charge is -2.53. The number of fused-ring (bicyclic) bond motifs is 11. The Labute approximate surface area is 345 Å². The molecule has 1 aliphatic carbocycles. The molecule has 4 aliphatic rings. The minimum atomic E-state index is -0.0432. The average Bonchev–Trinajstić information content (AvgIpc) is 3.66. The molecule has 7 aromatic rings. The van der Waals surface area contributed by atoms with Gasteiger partial charge in [-0.2, -0.15) is 0 Å². The highest BCUT2D eigenvalue weighted by Gasteiger charge is 2.62. The van der Waals surface area contributed by atoms with Gasteiger partial charge in [-0.3, -0.25) is 0 Å². The minimum absolute atomic E-state index is 0.00619. The van der Waals surface area contributed by atoms with E-state index in [1.165, 1.54) is 115 Å². The van der Waals surface area contributed by atoms with Gasteiger partial charge < -0.3 is 14.1 Å². The molecule has 6 aromatic carbocycles. The van der Waals surface area contributed by atoms with E-state index >= 15 is 0 Å². The summed E-state index contributed by atoms with van der Waals surface area (Å²) < 4.78 is 7.11. The summed E-state index contributed by atoms with van der Waals surface area (Å²) in [6.45, 7) is 23.9. The van der Waals surface area contributed by atoms with Gasteiger partial charge in [0, 0.05) is 44.5 Å². The zero-order chi connectivity index (χ0) is 40.3. The molecule has 4 heterocycles. The average molecular weight is 759 g/mol. The molecule has 0 amide bonds. The fourth-order valence-corrected chi connectivity index (χ4v) is 11.7. The van der Waals surface area contributed by atoms with Crippen LogP contribution in [0.5, 0.6) is 0 Å². The topological polar surface area (TPSA) is 19.6 Å². The van der Waals surface area contributed by atoms with Crippen molar-refractivity contribution in [3.63, 3.8) is 0 Å². The standard InChI is InChI=1S/C54H55BN2O/c1-32-26-40-47-44(22-20-38-39-29-36(51(3,4)5)19-23-46(39)58-50(38)47)57(43-21-18-35(28-33(43)2)34-16-12-11-13-17-34)55-42-31-37(52(6,7)8)30-41-49(42)56(45(27-32)48(40)55)54(10)25-15-14-24-53(41,54)9/h11-13,16-23,26-31H,14-15,24-25H2,1-10H3. The van der Waals surface area contributed by atoms with Crippen molar-refractivity contribution in [1.82, 2.24) is 0 Å². The Morgan fingerprint density at radius 3 is 2.14 bits per heavy atom. The van der Waals surface area contributed by atoms with Crippen molar-refractivity contribution in [3.05, 3.63) is 131 Å². The van der Waals surface area contributed by atoms with Crippen molar-refractivity contribution in [2.24, 2.45) is 0 Å². The van der Waals surface area contributed by atoms with Crippen molar-refractivity contribution in [2.45, 2.75) is 117 Å². The van der Waals surface area contributed by atoms with Crippen molar-refractivity contribution in [2.75, 3.05) is 9.71 Å². The number of hydrogen-bond acceptors (Lipinski definition) is 3. The number of anilines is 4. The van der Waals surface area contributed by atoms with Crippen molar-refractivity contribution >= 4 is 62.5 Å². The van der Waals surface area contributed by atoms with Crippen LogP contribution in [-0.4, -0.2) is 12.4 Å². The number of benzene rings is 6.